The second-order valence-electron chi connectivity index (χ2n) is 5.59. The van der Waals surface area contributed by atoms with Crippen molar-refractivity contribution in [3.63, 3.8) is 0 Å². The Labute approximate surface area is 118 Å². The van der Waals surface area contributed by atoms with Gasteiger partial charge in [-0.2, -0.15) is 0 Å². The van der Waals surface area contributed by atoms with Gasteiger partial charge in [-0.05, 0) is 24.8 Å². The fourth-order valence-electron chi connectivity index (χ4n) is 3.12. The molecule has 0 spiro atoms. The van der Waals surface area contributed by atoms with E-state index in [1.54, 1.807) is 0 Å². The Kier molecular flexibility index (Phi) is 3.49. The number of carbonyl (C=O) groups is 1. The maximum absolute atomic E-state index is 12.7. The third-order valence-electron chi connectivity index (χ3n) is 4.24. The SMILES string of the molecule is Cn1cc(C(=O)N2CCC(CCO)C2)c2ccccc21. The van der Waals surface area contributed by atoms with E-state index in [0.717, 1.165) is 42.4 Å². The third kappa shape index (κ3) is 2.20. The van der Waals surface area contributed by atoms with Crippen LogP contribution in [0.4, 0.5) is 0 Å². The molecule has 0 aliphatic carbocycles. The van der Waals surface area contributed by atoms with Crippen LogP contribution in [-0.4, -0.2) is 40.2 Å². The summed E-state index contributed by atoms with van der Waals surface area (Å²) >= 11 is 0. The van der Waals surface area contributed by atoms with Crippen molar-refractivity contribution in [2.45, 2.75) is 12.8 Å². The number of fused-ring (bicyclic) bond motifs is 1. The van der Waals surface area contributed by atoms with Crippen LogP contribution in [-0.2, 0) is 7.05 Å². The van der Waals surface area contributed by atoms with Crippen molar-refractivity contribution in [2.24, 2.45) is 13.0 Å². The Morgan fingerprint density at radius 1 is 1.40 bits per heavy atom. The van der Waals surface area contributed by atoms with Crippen LogP contribution in [0.2, 0.25) is 0 Å². The Hall–Kier alpha value is -1.81. The number of hydrogen-bond donors (Lipinski definition) is 1. The molecule has 1 aliphatic rings. The summed E-state index contributed by atoms with van der Waals surface area (Å²) in [5.41, 5.74) is 1.87. The molecule has 1 aromatic carbocycles. The molecule has 1 fully saturated rings. The lowest BCUT2D eigenvalue weighted by Gasteiger charge is -2.15. The standard InChI is InChI=1S/C16H20N2O2/c1-17-11-14(13-4-2-3-5-15(13)17)16(20)18-8-6-12(10-18)7-9-19/h2-5,11-12,19H,6-10H2,1H3. The predicted molar refractivity (Wildman–Crippen MR) is 78.6 cm³/mol. The van der Waals surface area contributed by atoms with Gasteiger partial charge in [0.2, 0.25) is 0 Å². The number of rotatable bonds is 3. The molecular formula is C16H20N2O2. The number of amides is 1. The van der Waals surface area contributed by atoms with Crippen LogP contribution < -0.4 is 0 Å². The van der Waals surface area contributed by atoms with Crippen molar-refractivity contribution < 1.29 is 9.90 Å². The summed E-state index contributed by atoms with van der Waals surface area (Å²) in [4.78, 5) is 14.6. The molecule has 0 radical (unpaired) electrons. The molecule has 2 aromatic rings. The fraction of sp³-hybridized carbons (Fsp3) is 0.438. The summed E-state index contributed by atoms with van der Waals surface area (Å²) in [6, 6.07) is 8.00. The molecule has 1 unspecified atom stereocenters. The minimum Gasteiger partial charge on any atom is -0.396 e. The lowest BCUT2D eigenvalue weighted by Crippen LogP contribution is -2.28. The molecule has 0 saturated carbocycles. The molecule has 4 nitrogen and oxygen atoms in total. The van der Waals surface area contributed by atoms with Crippen LogP contribution in [0.3, 0.4) is 0 Å². The van der Waals surface area contributed by atoms with E-state index in [4.69, 9.17) is 5.11 Å². The quantitative estimate of drug-likeness (QED) is 0.929. The van der Waals surface area contributed by atoms with E-state index in [9.17, 15) is 4.79 Å². The number of aliphatic hydroxyl groups excluding tert-OH is 1. The van der Waals surface area contributed by atoms with E-state index in [0.29, 0.717) is 5.92 Å². The molecule has 3 rings (SSSR count). The zero-order chi connectivity index (χ0) is 14.1. The predicted octanol–water partition coefficient (Wildman–Crippen LogP) is 2.02. The summed E-state index contributed by atoms with van der Waals surface area (Å²) < 4.78 is 2.00. The lowest BCUT2D eigenvalue weighted by atomic mass is 10.1. The first kappa shape index (κ1) is 13.2. The molecule has 4 heteroatoms. The van der Waals surface area contributed by atoms with Gasteiger partial charge in [0.05, 0.1) is 5.56 Å². The van der Waals surface area contributed by atoms with E-state index in [2.05, 4.69) is 0 Å². The highest BCUT2D eigenvalue weighted by Crippen LogP contribution is 2.25. The number of hydrogen-bond acceptors (Lipinski definition) is 2. The normalized spacial score (nSPS) is 18.9. The topological polar surface area (TPSA) is 45.5 Å². The Morgan fingerprint density at radius 3 is 3.00 bits per heavy atom. The van der Waals surface area contributed by atoms with Crippen LogP contribution >= 0.6 is 0 Å². The van der Waals surface area contributed by atoms with Crippen LogP contribution in [0.5, 0.6) is 0 Å². The molecule has 1 saturated heterocycles. The molecule has 1 aromatic heterocycles. The van der Waals surface area contributed by atoms with E-state index >= 15 is 0 Å². The largest absolute Gasteiger partial charge is 0.396 e. The minimum atomic E-state index is 0.113. The van der Waals surface area contributed by atoms with Crippen molar-refractivity contribution in [1.29, 1.82) is 0 Å². The number of nitrogens with zero attached hydrogens (tertiary/aromatic N) is 2. The summed E-state index contributed by atoms with van der Waals surface area (Å²) in [5.74, 6) is 0.557. The number of aryl methyl sites for hydroxylation is 1. The van der Waals surface area contributed by atoms with Crippen molar-refractivity contribution >= 4 is 16.8 Å². The summed E-state index contributed by atoms with van der Waals surface area (Å²) in [5, 5.41) is 10.0. The van der Waals surface area contributed by atoms with E-state index in [-0.39, 0.29) is 12.5 Å². The van der Waals surface area contributed by atoms with E-state index in [1.807, 2.05) is 47.0 Å². The molecule has 2 heterocycles. The van der Waals surface area contributed by atoms with Crippen molar-refractivity contribution in [3.8, 4) is 0 Å². The van der Waals surface area contributed by atoms with Gasteiger partial charge in [-0.3, -0.25) is 4.79 Å². The summed E-state index contributed by atoms with van der Waals surface area (Å²) in [6.07, 6.45) is 3.71. The van der Waals surface area contributed by atoms with Gasteiger partial charge in [0, 0.05) is 43.8 Å². The van der Waals surface area contributed by atoms with E-state index < -0.39 is 0 Å². The van der Waals surface area contributed by atoms with Crippen molar-refractivity contribution in [2.75, 3.05) is 19.7 Å². The van der Waals surface area contributed by atoms with Gasteiger partial charge in [0.1, 0.15) is 0 Å². The van der Waals surface area contributed by atoms with Crippen LogP contribution in [0.25, 0.3) is 10.9 Å². The number of aliphatic hydroxyl groups is 1. The average molecular weight is 272 g/mol. The number of benzene rings is 1. The Morgan fingerprint density at radius 2 is 2.20 bits per heavy atom. The molecule has 20 heavy (non-hydrogen) atoms. The maximum atomic E-state index is 12.7. The Bertz CT molecular complexity index is 632. The molecule has 1 atom stereocenters. The lowest BCUT2D eigenvalue weighted by molar-refractivity contribution is 0.0786. The van der Waals surface area contributed by atoms with Gasteiger partial charge in [-0.25, -0.2) is 0 Å². The summed E-state index contributed by atoms with van der Waals surface area (Å²) in [7, 11) is 1.97. The fourth-order valence-corrected chi connectivity index (χ4v) is 3.12. The molecule has 106 valence electrons. The first-order valence-corrected chi connectivity index (χ1v) is 7.15. The zero-order valence-corrected chi connectivity index (χ0v) is 11.7. The minimum absolute atomic E-state index is 0.113. The van der Waals surface area contributed by atoms with Gasteiger partial charge < -0.3 is 14.6 Å². The number of aromatic nitrogens is 1. The van der Waals surface area contributed by atoms with Gasteiger partial charge in [-0.1, -0.05) is 18.2 Å². The molecule has 1 N–H and O–H groups in total. The zero-order valence-electron chi connectivity index (χ0n) is 11.7. The highest BCUT2D eigenvalue weighted by molar-refractivity contribution is 6.07. The monoisotopic (exact) mass is 272 g/mol. The van der Waals surface area contributed by atoms with Crippen LogP contribution in [0.15, 0.2) is 30.5 Å². The number of likely N-dealkylation sites (tertiary alicyclic amines) is 1. The molecule has 1 aliphatic heterocycles. The van der Waals surface area contributed by atoms with Crippen molar-refractivity contribution in [1.82, 2.24) is 9.47 Å². The number of para-hydroxylation sites is 1. The number of carbonyl (C=O) groups excluding carboxylic acids is 1. The maximum Gasteiger partial charge on any atom is 0.256 e. The first-order chi connectivity index (χ1) is 9.70. The second-order valence-corrected chi connectivity index (χ2v) is 5.59. The first-order valence-electron chi connectivity index (χ1n) is 7.15. The summed E-state index contributed by atoms with van der Waals surface area (Å²) in [6.45, 7) is 1.77. The highest BCUT2D eigenvalue weighted by atomic mass is 16.3. The molecule has 1 amide bonds. The highest BCUT2D eigenvalue weighted by Gasteiger charge is 2.28. The molecule has 0 bridgehead atoms. The Balaban J connectivity index is 1.86. The van der Waals surface area contributed by atoms with Crippen LogP contribution in [0.1, 0.15) is 23.2 Å². The second kappa shape index (κ2) is 5.29. The molecular weight excluding hydrogens is 252 g/mol. The smallest absolute Gasteiger partial charge is 0.256 e. The van der Waals surface area contributed by atoms with Gasteiger partial charge >= 0.3 is 0 Å². The van der Waals surface area contributed by atoms with Gasteiger partial charge in [-0.15, -0.1) is 0 Å². The average Bonchev–Trinajstić information content (AvgIpc) is 3.05. The van der Waals surface area contributed by atoms with Gasteiger partial charge in [0.15, 0.2) is 0 Å². The van der Waals surface area contributed by atoms with Gasteiger partial charge in [0.25, 0.3) is 5.91 Å². The van der Waals surface area contributed by atoms with Crippen LogP contribution in [0, 0.1) is 5.92 Å². The van der Waals surface area contributed by atoms with E-state index in [1.165, 1.54) is 0 Å². The van der Waals surface area contributed by atoms with Crippen molar-refractivity contribution in [3.05, 3.63) is 36.0 Å². The third-order valence-corrected chi connectivity index (χ3v) is 4.24.